The van der Waals surface area contributed by atoms with Crippen molar-refractivity contribution < 1.29 is 0 Å². The monoisotopic (exact) mass is 328 g/mol. The Kier molecular flexibility index (Phi) is 4.09. The summed E-state index contributed by atoms with van der Waals surface area (Å²) in [5.41, 5.74) is 5.91. The van der Waals surface area contributed by atoms with Gasteiger partial charge >= 0.3 is 0 Å². The van der Waals surface area contributed by atoms with E-state index in [4.69, 9.17) is 5.73 Å². The Morgan fingerprint density at radius 1 is 1.28 bits per heavy atom. The van der Waals surface area contributed by atoms with E-state index in [0.717, 1.165) is 24.3 Å². The van der Waals surface area contributed by atoms with Crippen LogP contribution >= 0.6 is 27.3 Å². The van der Waals surface area contributed by atoms with Gasteiger partial charge in [-0.15, -0.1) is 11.3 Å². The van der Waals surface area contributed by atoms with Crippen LogP contribution in [-0.4, -0.2) is 13.1 Å². The molecule has 0 bridgehead atoms. The first-order valence-corrected chi connectivity index (χ1v) is 8.57. The summed E-state index contributed by atoms with van der Waals surface area (Å²) >= 11 is 5.32. The molecule has 2 aliphatic carbocycles. The summed E-state index contributed by atoms with van der Waals surface area (Å²) < 4.78 is 1.19. The molecule has 1 heterocycles. The number of thiophene rings is 1. The van der Waals surface area contributed by atoms with Crippen LogP contribution in [0.25, 0.3) is 0 Å². The minimum atomic E-state index is 0.335. The highest BCUT2D eigenvalue weighted by Crippen LogP contribution is 2.49. The highest BCUT2D eigenvalue weighted by molar-refractivity contribution is 9.11. The maximum absolute atomic E-state index is 5.91. The number of hydrogen-bond acceptors (Lipinski definition) is 3. The minimum Gasteiger partial charge on any atom is -0.329 e. The van der Waals surface area contributed by atoms with Crippen LogP contribution < -0.4 is 11.1 Å². The topological polar surface area (TPSA) is 38.0 Å². The van der Waals surface area contributed by atoms with Gasteiger partial charge in [0.25, 0.3) is 0 Å². The predicted molar refractivity (Wildman–Crippen MR) is 80.8 cm³/mol. The van der Waals surface area contributed by atoms with Crippen LogP contribution in [0.5, 0.6) is 0 Å². The Morgan fingerprint density at radius 2 is 1.94 bits per heavy atom. The summed E-state index contributed by atoms with van der Waals surface area (Å²) in [4.78, 5) is 1.36. The van der Waals surface area contributed by atoms with Gasteiger partial charge in [-0.05, 0) is 78.0 Å². The van der Waals surface area contributed by atoms with Gasteiger partial charge in [0.2, 0.25) is 0 Å². The predicted octanol–water partition coefficient (Wildman–Crippen LogP) is 3.54. The largest absolute Gasteiger partial charge is 0.329 e. The van der Waals surface area contributed by atoms with Gasteiger partial charge in [-0.25, -0.2) is 0 Å². The zero-order valence-electron chi connectivity index (χ0n) is 10.6. The smallest absolute Gasteiger partial charge is 0.0702 e. The summed E-state index contributed by atoms with van der Waals surface area (Å²) in [6.07, 6.45) is 5.84. The quantitative estimate of drug-likeness (QED) is 0.803. The number of rotatable bonds is 7. The zero-order valence-corrected chi connectivity index (χ0v) is 13.0. The molecule has 0 aliphatic heterocycles. The van der Waals surface area contributed by atoms with Crippen molar-refractivity contribution in [2.75, 3.05) is 13.1 Å². The second-order valence-corrected chi connectivity index (χ2v) is 8.17. The summed E-state index contributed by atoms with van der Waals surface area (Å²) in [6.45, 7) is 1.85. The first-order chi connectivity index (χ1) is 8.78. The van der Waals surface area contributed by atoms with Crippen LogP contribution in [0.2, 0.25) is 0 Å². The van der Waals surface area contributed by atoms with E-state index < -0.39 is 0 Å². The molecule has 3 rings (SSSR count). The molecule has 1 atom stereocenters. The van der Waals surface area contributed by atoms with Crippen molar-refractivity contribution in [3.05, 3.63) is 20.8 Å². The van der Waals surface area contributed by atoms with Crippen molar-refractivity contribution in [1.82, 2.24) is 5.32 Å². The molecular formula is C14H21BrN2S. The first-order valence-electron chi connectivity index (χ1n) is 6.96. The lowest BCUT2D eigenvalue weighted by molar-refractivity contribution is 0.359. The molecule has 1 aromatic heterocycles. The molecule has 18 heavy (non-hydrogen) atoms. The Bertz CT molecular complexity index is 386. The van der Waals surface area contributed by atoms with Gasteiger partial charge in [0.05, 0.1) is 9.83 Å². The molecule has 2 nitrogen and oxygen atoms in total. The highest BCUT2D eigenvalue weighted by atomic mass is 79.9. The lowest BCUT2D eigenvalue weighted by atomic mass is 9.97. The van der Waals surface area contributed by atoms with Gasteiger partial charge in [-0.1, -0.05) is 0 Å². The van der Waals surface area contributed by atoms with Gasteiger partial charge in [0, 0.05) is 11.4 Å². The van der Waals surface area contributed by atoms with Crippen molar-refractivity contribution in [1.29, 1.82) is 0 Å². The summed E-state index contributed by atoms with van der Waals surface area (Å²) in [7, 11) is 0. The first kappa shape index (κ1) is 13.1. The fraction of sp³-hybridized carbons (Fsp3) is 0.714. The normalized spacial score (nSPS) is 21.5. The third-order valence-electron chi connectivity index (χ3n) is 4.23. The van der Waals surface area contributed by atoms with Gasteiger partial charge < -0.3 is 11.1 Å². The fourth-order valence-corrected chi connectivity index (χ4v) is 4.37. The van der Waals surface area contributed by atoms with Crippen LogP contribution in [0.4, 0.5) is 0 Å². The van der Waals surface area contributed by atoms with Crippen molar-refractivity contribution >= 4 is 27.3 Å². The van der Waals surface area contributed by atoms with Crippen molar-refractivity contribution in [2.24, 2.45) is 23.5 Å². The summed E-state index contributed by atoms with van der Waals surface area (Å²) in [5, 5.41) is 3.71. The molecule has 2 fully saturated rings. The van der Waals surface area contributed by atoms with E-state index in [9.17, 15) is 0 Å². The standard InChI is InChI=1S/C14H21BrN2S/c15-14-6-5-13(18-14)12(7-16)17-8-11(9-1-2-9)10-3-4-10/h5-6,9-12,17H,1-4,7-8,16H2. The Balaban J connectivity index is 1.56. The SMILES string of the molecule is NCC(NCC(C1CC1)C1CC1)c1ccc(Br)s1. The molecule has 1 unspecified atom stereocenters. The average Bonchev–Trinajstić information content (AvgIpc) is 3.26. The molecule has 4 heteroatoms. The average molecular weight is 329 g/mol. The van der Waals surface area contributed by atoms with Crippen LogP contribution in [0, 0.1) is 17.8 Å². The third kappa shape index (κ3) is 3.16. The van der Waals surface area contributed by atoms with E-state index in [1.807, 2.05) is 0 Å². The number of hydrogen-bond donors (Lipinski definition) is 2. The Morgan fingerprint density at radius 3 is 2.39 bits per heavy atom. The molecule has 2 aliphatic rings. The summed E-state index contributed by atoms with van der Waals surface area (Å²) in [6, 6.07) is 4.63. The molecular weight excluding hydrogens is 308 g/mol. The van der Waals surface area contributed by atoms with Gasteiger partial charge in [0.1, 0.15) is 0 Å². The van der Waals surface area contributed by atoms with E-state index in [0.29, 0.717) is 12.6 Å². The number of nitrogens with one attached hydrogen (secondary N) is 1. The van der Waals surface area contributed by atoms with Gasteiger partial charge in [0.15, 0.2) is 0 Å². The highest BCUT2D eigenvalue weighted by Gasteiger charge is 2.41. The van der Waals surface area contributed by atoms with Crippen molar-refractivity contribution in [3.63, 3.8) is 0 Å². The van der Waals surface area contributed by atoms with E-state index in [1.54, 1.807) is 11.3 Å². The van der Waals surface area contributed by atoms with Crippen LogP contribution in [0.15, 0.2) is 15.9 Å². The third-order valence-corrected chi connectivity index (χ3v) is 5.97. The second kappa shape index (κ2) is 5.61. The molecule has 100 valence electrons. The molecule has 2 saturated carbocycles. The van der Waals surface area contributed by atoms with Gasteiger partial charge in [-0.3, -0.25) is 0 Å². The molecule has 0 aromatic carbocycles. The molecule has 0 amide bonds. The lowest BCUT2D eigenvalue weighted by Gasteiger charge is -2.21. The van der Waals surface area contributed by atoms with E-state index in [-0.39, 0.29) is 0 Å². The fourth-order valence-electron chi connectivity index (χ4n) is 2.86. The van der Waals surface area contributed by atoms with Crippen molar-refractivity contribution in [2.45, 2.75) is 31.7 Å². The van der Waals surface area contributed by atoms with Crippen LogP contribution in [0.3, 0.4) is 0 Å². The molecule has 0 radical (unpaired) electrons. The van der Waals surface area contributed by atoms with Crippen LogP contribution in [-0.2, 0) is 0 Å². The Labute approximate surface area is 121 Å². The number of halogens is 1. The van der Waals surface area contributed by atoms with E-state index in [2.05, 4.69) is 33.4 Å². The molecule has 0 saturated heterocycles. The minimum absolute atomic E-state index is 0.335. The van der Waals surface area contributed by atoms with Crippen LogP contribution in [0.1, 0.15) is 36.6 Å². The van der Waals surface area contributed by atoms with E-state index >= 15 is 0 Å². The second-order valence-electron chi connectivity index (χ2n) is 5.68. The molecule has 0 spiro atoms. The zero-order chi connectivity index (χ0) is 12.5. The summed E-state index contributed by atoms with van der Waals surface area (Å²) in [5.74, 6) is 2.94. The number of nitrogens with two attached hydrogens (primary N) is 1. The maximum Gasteiger partial charge on any atom is 0.0702 e. The van der Waals surface area contributed by atoms with Gasteiger partial charge in [-0.2, -0.15) is 0 Å². The van der Waals surface area contributed by atoms with Crippen molar-refractivity contribution in [3.8, 4) is 0 Å². The maximum atomic E-state index is 5.91. The Hall–Kier alpha value is 0.1000. The molecule has 1 aromatic rings. The lowest BCUT2D eigenvalue weighted by Crippen LogP contribution is -2.33. The molecule has 3 N–H and O–H groups in total. The van der Waals surface area contributed by atoms with E-state index in [1.165, 1.54) is 34.3 Å².